The molecule has 114 valence electrons. The number of likely N-dealkylation sites (tertiary alicyclic amines) is 1. The molecule has 3 heterocycles. The zero-order valence-electron chi connectivity index (χ0n) is 11.8. The first-order chi connectivity index (χ1) is 10.7. The predicted molar refractivity (Wildman–Crippen MR) is 81.8 cm³/mol. The SMILES string of the molecule is O=C1CCC(C(=O)N2CC(Oc3nc4ccccc4s3)C2)N1. The maximum atomic E-state index is 12.2. The van der Waals surface area contributed by atoms with Crippen LogP contribution in [0, 0.1) is 0 Å². The van der Waals surface area contributed by atoms with Crippen LogP contribution in [0.4, 0.5) is 0 Å². The summed E-state index contributed by atoms with van der Waals surface area (Å²) >= 11 is 1.52. The van der Waals surface area contributed by atoms with Crippen molar-refractivity contribution in [1.82, 2.24) is 15.2 Å². The molecule has 1 unspecified atom stereocenters. The highest BCUT2D eigenvalue weighted by Gasteiger charge is 2.38. The van der Waals surface area contributed by atoms with Gasteiger partial charge in [0.15, 0.2) is 0 Å². The molecule has 2 aromatic rings. The van der Waals surface area contributed by atoms with Crippen LogP contribution in [-0.2, 0) is 9.59 Å². The fourth-order valence-electron chi connectivity index (χ4n) is 2.76. The maximum Gasteiger partial charge on any atom is 0.274 e. The van der Waals surface area contributed by atoms with Crippen LogP contribution in [0.1, 0.15) is 12.8 Å². The average Bonchev–Trinajstić information content (AvgIpc) is 3.07. The lowest BCUT2D eigenvalue weighted by Crippen LogP contribution is -2.59. The zero-order valence-corrected chi connectivity index (χ0v) is 12.6. The summed E-state index contributed by atoms with van der Waals surface area (Å²) < 4.78 is 6.92. The van der Waals surface area contributed by atoms with Crippen LogP contribution in [0.5, 0.6) is 5.19 Å². The van der Waals surface area contributed by atoms with Gasteiger partial charge in [0, 0.05) is 6.42 Å². The Kier molecular flexibility index (Phi) is 3.22. The molecule has 1 N–H and O–H groups in total. The highest BCUT2D eigenvalue weighted by molar-refractivity contribution is 7.20. The molecule has 0 aliphatic carbocycles. The molecule has 0 radical (unpaired) electrons. The van der Waals surface area contributed by atoms with Gasteiger partial charge in [0.05, 0.1) is 23.3 Å². The van der Waals surface area contributed by atoms with E-state index in [9.17, 15) is 9.59 Å². The highest BCUT2D eigenvalue weighted by Crippen LogP contribution is 2.29. The second-order valence-corrected chi connectivity index (χ2v) is 6.58. The third kappa shape index (κ3) is 2.41. The first kappa shape index (κ1) is 13.5. The van der Waals surface area contributed by atoms with Crippen LogP contribution in [0.3, 0.4) is 0 Å². The Balaban J connectivity index is 1.33. The molecule has 0 bridgehead atoms. The Morgan fingerprint density at radius 1 is 1.36 bits per heavy atom. The fourth-order valence-corrected chi connectivity index (χ4v) is 3.64. The smallest absolute Gasteiger partial charge is 0.274 e. The Hall–Kier alpha value is -2.15. The molecule has 22 heavy (non-hydrogen) atoms. The molecule has 1 aromatic heterocycles. The molecule has 2 amide bonds. The van der Waals surface area contributed by atoms with Crippen LogP contribution in [0.15, 0.2) is 24.3 Å². The van der Waals surface area contributed by atoms with Crippen molar-refractivity contribution < 1.29 is 14.3 Å². The van der Waals surface area contributed by atoms with Gasteiger partial charge in [0.2, 0.25) is 11.8 Å². The van der Waals surface area contributed by atoms with E-state index in [4.69, 9.17) is 4.74 Å². The van der Waals surface area contributed by atoms with Crippen molar-refractivity contribution in [2.24, 2.45) is 0 Å². The van der Waals surface area contributed by atoms with Gasteiger partial charge in [0.1, 0.15) is 12.1 Å². The van der Waals surface area contributed by atoms with Gasteiger partial charge in [-0.3, -0.25) is 9.59 Å². The number of carbonyl (C=O) groups is 2. The number of hydrogen-bond acceptors (Lipinski definition) is 5. The van der Waals surface area contributed by atoms with E-state index in [1.165, 1.54) is 11.3 Å². The van der Waals surface area contributed by atoms with E-state index in [-0.39, 0.29) is 24.0 Å². The molecule has 4 rings (SSSR count). The van der Waals surface area contributed by atoms with Gasteiger partial charge in [-0.05, 0) is 18.6 Å². The number of thiazole rings is 1. The zero-order chi connectivity index (χ0) is 15.1. The summed E-state index contributed by atoms with van der Waals surface area (Å²) in [5.41, 5.74) is 0.934. The maximum absolute atomic E-state index is 12.2. The first-order valence-electron chi connectivity index (χ1n) is 7.29. The topological polar surface area (TPSA) is 71.5 Å². The Labute approximate surface area is 131 Å². The molecular weight excluding hydrogens is 302 g/mol. The van der Waals surface area contributed by atoms with Crippen molar-refractivity contribution in [1.29, 1.82) is 0 Å². The Morgan fingerprint density at radius 2 is 2.18 bits per heavy atom. The summed E-state index contributed by atoms with van der Waals surface area (Å²) in [5, 5.41) is 3.35. The van der Waals surface area contributed by atoms with E-state index in [0.717, 1.165) is 10.2 Å². The Morgan fingerprint density at radius 3 is 2.91 bits per heavy atom. The van der Waals surface area contributed by atoms with Gasteiger partial charge in [-0.25, -0.2) is 4.98 Å². The average molecular weight is 317 g/mol. The monoisotopic (exact) mass is 317 g/mol. The van der Waals surface area contributed by atoms with E-state index in [0.29, 0.717) is 31.1 Å². The molecule has 2 saturated heterocycles. The number of para-hydroxylation sites is 1. The number of nitrogens with zero attached hydrogens (tertiary/aromatic N) is 2. The van der Waals surface area contributed by atoms with E-state index < -0.39 is 0 Å². The minimum Gasteiger partial charge on any atom is -0.463 e. The molecule has 7 heteroatoms. The van der Waals surface area contributed by atoms with Crippen LogP contribution in [-0.4, -0.2) is 46.9 Å². The van der Waals surface area contributed by atoms with Crippen molar-refractivity contribution in [3.8, 4) is 5.19 Å². The molecule has 0 saturated carbocycles. The number of rotatable bonds is 3. The number of aromatic nitrogens is 1. The predicted octanol–water partition coefficient (Wildman–Crippen LogP) is 1.16. The van der Waals surface area contributed by atoms with Gasteiger partial charge in [-0.1, -0.05) is 23.5 Å². The van der Waals surface area contributed by atoms with Crippen molar-refractivity contribution in [2.75, 3.05) is 13.1 Å². The van der Waals surface area contributed by atoms with Crippen molar-refractivity contribution in [3.63, 3.8) is 0 Å². The standard InChI is InChI=1S/C15H15N3O3S/c19-13-6-5-11(16-13)14(20)18-7-9(8-18)21-15-17-10-3-1-2-4-12(10)22-15/h1-4,9,11H,5-8H2,(H,16,19). The lowest BCUT2D eigenvalue weighted by molar-refractivity contribution is -0.142. The van der Waals surface area contributed by atoms with Crippen molar-refractivity contribution in [3.05, 3.63) is 24.3 Å². The minimum atomic E-state index is -0.351. The summed E-state index contributed by atoms with van der Waals surface area (Å²) in [7, 11) is 0. The lowest BCUT2D eigenvalue weighted by Gasteiger charge is -2.39. The number of hydrogen-bond donors (Lipinski definition) is 1. The van der Waals surface area contributed by atoms with Gasteiger partial charge in [-0.15, -0.1) is 0 Å². The van der Waals surface area contributed by atoms with Crippen molar-refractivity contribution >= 4 is 33.4 Å². The van der Waals surface area contributed by atoms with E-state index in [2.05, 4.69) is 10.3 Å². The van der Waals surface area contributed by atoms with E-state index in [1.807, 2.05) is 24.3 Å². The van der Waals surface area contributed by atoms with E-state index in [1.54, 1.807) is 4.90 Å². The van der Waals surface area contributed by atoms with Gasteiger partial charge in [-0.2, -0.15) is 0 Å². The van der Waals surface area contributed by atoms with Gasteiger partial charge in [0.25, 0.3) is 5.19 Å². The third-order valence-electron chi connectivity index (χ3n) is 3.99. The number of ether oxygens (including phenoxy) is 1. The number of nitrogens with one attached hydrogen (secondary N) is 1. The van der Waals surface area contributed by atoms with Gasteiger partial charge >= 0.3 is 0 Å². The number of amides is 2. The summed E-state index contributed by atoms with van der Waals surface area (Å²) in [6.45, 7) is 1.11. The summed E-state index contributed by atoms with van der Waals surface area (Å²) in [6.07, 6.45) is 1.02. The first-order valence-corrected chi connectivity index (χ1v) is 8.11. The molecule has 2 fully saturated rings. The van der Waals surface area contributed by atoms with Crippen LogP contribution < -0.4 is 10.1 Å². The summed E-state index contributed by atoms with van der Waals surface area (Å²) in [4.78, 5) is 29.5. The third-order valence-corrected chi connectivity index (χ3v) is 4.92. The molecule has 1 atom stereocenters. The van der Waals surface area contributed by atoms with Crippen LogP contribution >= 0.6 is 11.3 Å². The van der Waals surface area contributed by atoms with Crippen LogP contribution in [0.2, 0.25) is 0 Å². The lowest BCUT2D eigenvalue weighted by atomic mass is 10.1. The number of carbonyl (C=O) groups excluding carboxylic acids is 2. The second-order valence-electron chi connectivity index (χ2n) is 5.59. The normalized spacial score (nSPS) is 21.7. The molecule has 2 aliphatic rings. The fraction of sp³-hybridized carbons (Fsp3) is 0.400. The number of benzene rings is 1. The quantitative estimate of drug-likeness (QED) is 0.922. The minimum absolute atomic E-state index is 0.00463. The van der Waals surface area contributed by atoms with E-state index >= 15 is 0 Å². The highest BCUT2D eigenvalue weighted by atomic mass is 32.1. The molecular formula is C15H15N3O3S. The largest absolute Gasteiger partial charge is 0.463 e. The summed E-state index contributed by atoms with van der Waals surface area (Å²) in [6, 6.07) is 7.54. The molecule has 6 nitrogen and oxygen atoms in total. The second kappa shape index (κ2) is 5.24. The van der Waals surface area contributed by atoms with Gasteiger partial charge < -0.3 is 15.0 Å². The summed E-state index contributed by atoms with van der Waals surface area (Å²) in [5.74, 6) is -0.0452. The molecule has 2 aliphatic heterocycles. The number of fused-ring (bicyclic) bond motifs is 1. The molecule has 0 spiro atoms. The Bertz CT molecular complexity index is 705. The molecule has 1 aromatic carbocycles. The van der Waals surface area contributed by atoms with Crippen molar-refractivity contribution in [2.45, 2.75) is 25.0 Å². The van der Waals surface area contributed by atoms with Crippen LogP contribution in [0.25, 0.3) is 10.2 Å².